The van der Waals surface area contributed by atoms with Crippen LogP contribution in [0.5, 0.6) is 0 Å². The highest BCUT2D eigenvalue weighted by atomic mass is 32.2. The third-order valence-corrected chi connectivity index (χ3v) is 2.80. The van der Waals surface area contributed by atoms with Crippen molar-refractivity contribution in [2.45, 2.75) is 18.9 Å². The van der Waals surface area contributed by atoms with Crippen LogP contribution in [0.3, 0.4) is 0 Å². The first-order chi connectivity index (χ1) is 7.42. The van der Waals surface area contributed by atoms with Crippen LogP contribution in [-0.2, 0) is 16.5 Å². The van der Waals surface area contributed by atoms with E-state index in [0.29, 0.717) is 17.9 Å². The number of hydrogen-bond donors (Lipinski definition) is 4. The Kier molecular flexibility index (Phi) is 4.42. The zero-order chi connectivity index (χ0) is 12.2. The fraction of sp³-hybridized carbons (Fsp3) is 0.625. The second kappa shape index (κ2) is 5.39. The van der Waals surface area contributed by atoms with Gasteiger partial charge in [0.15, 0.2) is 0 Å². The minimum absolute atomic E-state index is 0.237. The number of H-pyrrole nitrogens is 1. The summed E-state index contributed by atoms with van der Waals surface area (Å²) in [6.07, 6.45) is 0.950. The Hall–Kier alpha value is -0.960. The number of aliphatic hydroxyl groups is 2. The number of hydrogen-bond acceptors (Lipinski definition) is 5. The molecule has 0 aliphatic rings. The van der Waals surface area contributed by atoms with E-state index in [2.05, 4.69) is 9.97 Å². The van der Waals surface area contributed by atoms with Gasteiger partial charge in [-0.25, -0.2) is 4.98 Å². The van der Waals surface area contributed by atoms with Crippen molar-refractivity contribution in [2.75, 3.05) is 12.4 Å². The maximum absolute atomic E-state index is 10.4. The van der Waals surface area contributed by atoms with Crippen LogP contribution in [0.25, 0.3) is 0 Å². The summed E-state index contributed by atoms with van der Waals surface area (Å²) in [5.41, 5.74) is 0.379. The van der Waals surface area contributed by atoms with Gasteiger partial charge in [0.1, 0.15) is 11.9 Å². The highest BCUT2D eigenvalue weighted by Gasteiger charge is 2.10. The Balaban J connectivity index is 2.47. The van der Waals surface area contributed by atoms with Crippen molar-refractivity contribution in [1.82, 2.24) is 9.97 Å². The number of aromatic amines is 1. The molecule has 1 atom stereocenters. The molecule has 4 N–H and O–H groups in total. The smallest absolute Gasteiger partial charge is 0.264 e. The van der Waals surface area contributed by atoms with Gasteiger partial charge in [0.05, 0.1) is 24.3 Å². The Morgan fingerprint density at radius 2 is 2.19 bits per heavy atom. The molecule has 0 saturated heterocycles. The highest BCUT2D eigenvalue weighted by molar-refractivity contribution is 7.85. The monoisotopic (exact) mass is 250 g/mol. The van der Waals surface area contributed by atoms with E-state index in [4.69, 9.17) is 9.66 Å². The zero-order valence-corrected chi connectivity index (χ0v) is 9.31. The lowest BCUT2D eigenvalue weighted by atomic mass is 10.3. The van der Waals surface area contributed by atoms with Crippen LogP contribution in [0, 0.1) is 0 Å². The van der Waals surface area contributed by atoms with E-state index in [1.807, 2.05) is 0 Å². The van der Waals surface area contributed by atoms with Crippen molar-refractivity contribution >= 4 is 10.1 Å². The molecule has 0 aromatic carbocycles. The lowest BCUT2D eigenvalue weighted by Crippen LogP contribution is -2.06. The van der Waals surface area contributed by atoms with Gasteiger partial charge in [-0.15, -0.1) is 0 Å². The van der Waals surface area contributed by atoms with Crippen LogP contribution < -0.4 is 0 Å². The second-order valence-corrected chi connectivity index (χ2v) is 4.95. The van der Waals surface area contributed by atoms with Gasteiger partial charge >= 0.3 is 0 Å². The Morgan fingerprint density at radius 1 is 1.50 bits per heavy atom. The molecule has 1 rings (SSSR count). The summed E-state index contributed by atoms with van der Waals surface area (Å²) in [6, 6.07) is 0. The number of nitrogens with zero attached hydrogens (tertiary/aromatic N) is 1. The van der Waals surface area contributed by atoms with Crippen LogP contribution in [-0.4, -0.2) is 45.5 Å². The summed E-state index contributed by atoms with van der Waals surface area (Å²) in [7, 11) is -3.94. The van der Waals surface area contributed by atoms with E-state index in [0.717, 1.165) is 0 Å². The molecule has 8 heteroatoms. The predicted octanol–water partition coefficient (Wildman–Crippen LogP) is -0.744. The van der Waals surface area contributed by atoms with E-state index in [-0.39, 0.29) is 12.2 Å². The molecule has 0 amide bonds. The van der Waals surface area contributed by atoms with E-state index in [9.17, 15) is 13.5 Å². The topological polar surface area (TPSA) is 124 Å². The second-order valence-electron chi connectivity index (χ2n) is 3.37. The summed E-state index contributed by atoms with van der Waals surface area (Å²) < 4.78 is 29.4. The molecule has 1 unspecified atom stereocenters. The SMILES string of the molecule is O=S(=O)(O)CCCc1ncc(C(O)CO)[nH]1. The molecule has 1 aromatic heterocycles. The molecule has 7 nitrogen and oxygen atoms in total. The van der Waals surface area contributed by atoms with Crippen molar-refractivity contribution in [3.8, 4) is 0 Å². The lowest BCUT2D eigenvalue weighted by Gasteiger charge is -2.02. The summed E-state index contributed by atoms with van der Waals surface area (Å²) in [5.74, 6) is 0.178. The summed E-state index contributed by atoms with van der Waals surface area (Å²) in [4.78, 5) is 6.65. The molecule has 1 heterocycles. The molecule has 0 aliphatic heterocycles. The van der Waals surface area contributed by atoms with E-state index < -0.39 is 22.8 Å². The Morgan fingerprint density at radius 3 is 2.75 bits per heavy atom. The minimum atomic E-state index is -3.94. The molecule has 0 bridgehead atoms. The number of aliphatic hydroxyl groups excluding tert-OH is 2. The van der Waals surface area contributed by atoms with E-state index in [1.165, 1.54) is 6.20 Å². The van der Waals surface area contributed by atoms with Gasteiger partial charge < -0.3 is 15.2 Å². The van der Waals surface area contributed by atoms with Crippen LogP contribution >= 0.6 is 0 Å². The lowest BCUT2D eigenvalue weighted by molar-refractivity contribution is 0.0925. The van der Waals surface area contributed by atoms with Gasteiger partial charge in [0.2, 0.25) is 0 Å². The maximum Gasteiger partial charge on any atom is 0.264 e. The first-order valence-electron chi connectivity index (χ1n) is 4.70. The summed E-state index contributed by atoms with van der Waals surface area (Å²) in [6.45, 7) is -0.410. The van der Waals surface area contributed by atoms with E-state index in [1.54, 1.807) is 0 Å². The van der Waals surface area contributed by atoms with Gasteiger partial charge in [0, 0.05) is 6.42 Å². The Labute approximate surface area is 92.9 Å². The van der Waals surface area contributed by atoms with Crippen molar-refractivity contribution in [1.29, 1.82) is 0 Å². The minimum Gasteiger partial charge on any atom is -0.393 e. The maximum atomic E-state index is 10.4. The molecule has 92 valence electrons. The average molecular weight is 250 g/mol. The molecule has 0 radical (unpaired) electrons. The molecule has 0 saturated carbocycles. The van der Waals surface area contributed by atoms with Crippen LogP contribution in [0.15, 0.2) is 6.20 Å². The zero-order valence-electron chi connectivity index (χ0n) is 8.50. The van der Waals surface area contributed by atoms with Crippen molar-refractivity contribution < 1.29 is 23.2 Å². The number of nitrogens with one attached hydrogen (secondary N) is 1. The fourth-order valence-corrected chi connectivity index (χ4v) is 1.70. The van der Waals surface area contributed by atoms with Crippen LogP contribution in [0.4, 0.5) is 0 Å². The first kappa shape index (κ1) is 13.1. The van der Waals surface area contributed by atoms with Gasteiger partial charge in [-0.3, -0.25) is 4.55 Å². The molecule has 1 aromatic rings. The number of rotatable bonds is 6. The quantitative estimate of drug-likeness (QED) is 0.493. The van der Waals surface area contributed by atoms with Gasteiger partial charge in [0.25, 0.3) is 10.1 Å². The molecule has 0 spiro atoms. The number of aromatic nitrogens is 2. The average Bonchev–Trinajstić information content (AvgIpc) is 2.63. The van der Waals surface area contributed by atoms with Crippen molar-refractivity contribution in [3.05, 3.63) is 17.7 Å². The first-order valence-corrected chi connectivity index (χ1v) is 6.31. The van der Waals surface area contributed by atoms with Crippen molar-refractivity contribution in [2.24, 2.45) is 0 Å². The van der Waals surface area contributed by atoms with E-state index >= 15 is 0 Å². The molecular formula is C8H14N2O5S. The number of imidazole rings is 1. The summed E-state index contributed by atoms with van der Waals surface area (Å²) in [5, 5.41) is 17.9. The molecule has 16 heavy (non-hydrogen) atoms. The molecular weight excluding hydrogens is 236 g/mol. The van der Waals surface area contributed by atoms with Gasteiger partial charge in [-0.2, -0.15) is 8.42 Å². The largest absolute Gasteiger partial charge is 0.393 e. The Bertz CT molecular complexity index is 427. The number of aryl methyl sites for hydroxylation is 1. The van der Waals surface area contributed by atoms with Crippen molar-refractivity contribution in [3.63, 3.8) is 0 Å². The van der Waals surface area contributed by atoms with Crippen LogP contribution in [0.1, 0.15) is 24.0 Å². The normalized spacial score (nSPS) is 13.9. The summed E-state index contributed by atoms with van der Waals surface area (Å²) >= 11 is 0. The van der Waals surface area contributed by atoms with Gasteiger partial charge in [-0.05, 0) is 6.42 Å². The highest BCUT2D eigenvalue weighted by Crippen LogP contribution is 2.09. The third kappa shape index (κ3) is 4.27. The fourth-order valence-electron chi connectivity index (χ4n) is 1.20. The molecule has 0 fully saturated rings. The predicted molar refractivity (Wildman–Crippen MR) is 55.4 cm³/mol. The third-order valence-electron chi connectivity index (χ3n) is 2.00. The van der Waals surface area contributed by atoms with Crippen LogP contribution in [0.2, 0.25) is 0 Å². The van der Waals surface area contributed by atoms with Gasteiger partial charge in [-0.1, -0.05) is 0 Å². The molecule has 0 aliphatic carbocycles. The standard InChI is InChI=1S/C8H14N2O5S/c11-5-7(12)6-4-9-8(10-6)2-1-3-16(13,14)15/h4,7,11-12H,1-3,5H2,(H,9,10)(H,13,14,15).